The lowest BCUT2D eigenvalue weighted by atomic mass is 9.96. The second-order valence-electron chi connectivity index (χ2n) is 8.23. The van der Waals surface area contributed by atoms with E-state index >= 15 is 0 Å². The second kappa shape index (κ2) is 11.0. The first-order valence-electron chi connectivity index (χ1n) is 11.9. The van der Waals surface area contributed by atoms with Crippen LogP contribution in [0.2, 0.25) is 0 Å². The molecule has 11 nitrogen and oxygen atoms in total. The maximum Gasteiger partial charge on any atom is 0.233 e. The molecule has 11 heteroatoms. The summed E-state index contributed by atoms with van der Waals surface area (Å²) in [6.45, 7) is 6.83. The average Bonchev–Trinajstić information content (AvgIpc) is 3.44. The van der Waals surface area contributed by atoms with Crippen molar-refractivity contribution in [1.29, 1.82) is 0 Å². The van der Waals surface area contributed by atoms with Gasteiger partial charge in [-0.1, -0.05) is 0 Å². The number of amides is 1. The molecule has 0 radical (unpaired) electrons. The average molecular weight is 481 g/mol. The van der Waals surface area contributed by atoms with E-state index < -0.39 is 0 Å². The number of hydrogen-bond donors (Lipinski definition) is 2. The van der Waals surface area contributed by atoms with Crippen LogP contribution in [0, 0.1) is 5.92 Å². The first-order chi connectivity index (χ1) is 17.1. The van der Waals surface area contributed by atoms with Crippen LogP contribution in [0.25, 0.3) is 11.3 Å². The quantitative estimate of drug-likeness (QED) is 0.471. The Bertz CT molecular complexity index is 1130. The summed E-state index contributed by atoms with van der Waals surface area (Å²) >= 11 is 0. The highest BCUT2D eigenvalue weighted by molar-refractivity contribution is 5.79. The van der Waals surface area contributed by atoms with Crippen molar-refractivity contribution in [1.82, 2.24) is 24.8 Å². The number of benzene rings is 1. The highest BCUT2D eigenvalue weighted by Gasteiger charge is 2.30. The van der Waals surface area contributed by atoms with Crippen LogP contribution in [-0.2, 0) is 4.79 Å². The van der Waals surface area contributed by atoms with Crippen LogP contribution in [0.4, 0.5) is 23.5 Å². The topological polar surface area (TPSA) is 122 Å². The second-order valence-corrected chi connectivity index (χ2v) is 8.23. The van der Waals surface area contributed by atoms with Crippen molar-refractivity contribution in [2.45, 2.75) is 26.7 Å². The molecule has 0 aliphatic carbocycles. The number of anilines is 4. The zero-order chi connectivity index (χ0) is 24.8. The van der Waals surface area contributed by atoms with Crippen molar-refractivity contribution in [2.75, 3.05) is 55.9 Å². The van der Waals surface area contributed by atoms with Crippen LogP contribution in [0.15, 0.2) is 35.2 Å². The van der Waals surface area contributed by atoms with Crippen molar-refractivity contribution in [2.24, 2.45) is 5.92 Å². The third-order valence-electron chi connectivity index (χ3n) is 6.13. The van der Waals surface area contributed by atoms with E-state index in [1.165, 1.54) is 6.39 Å². The molecule has 2 N–H and O–H groups in total. The maximum atomic E-state index is 12.9. The van der Waals surface area contributed by atoms with Crippen molar-refractivity contribution < 1.29 is 13.9 Å². The van der Waals surface area contributed by atoms with Crippen LogP contribution >= 0.6 is 0 Å². The lowest BCUT2D eigenvalue weighted by Crippen LogP contribution is -2.45. The molecule has 3 aromatic rings. The molecule has 1 atom stereocenters. The van der Waals surface area contributed by atoms with E-state index in [1.54, 1.807) is 20.4 Å². The highest BCUT2D eigenvalue weighted by Crippen LogP contribution is 2.33. The summed E-state index contributed by atoms with van der Waals surface area (Å²) in [5, 5.41) is 6.25. The van der Waals surface area contributed by atoms with Gasteiger partial charge in [-0.3, -0.25) is 4.79 Å². The van der Waals surface area contributed by atoms with Crippen molar-refractivity contribution in [3.8, 4) is 17.1 Å². The van der Waals surface area contributed by atoms with Crippen LogP contribution in [0.5, 0.6) is 5.75 Å². The van der Waals surface area contributed by atoms with E-state index in [9.17, 15) is 4.79 Å². The van der Waals surface area contributed by atoms with Crippen LogP contribution < -0.4 is 20.3 Å². The molecular weight excluding hydrogens is 448 g/mol. The molecule has 0 spiro atoms. The molecule has 2 aromatic heterocycles. The summed E-state index contributed by atoms with van der Waals surface area (Å²) in [4.78, 5) is 34.6. The summed E-state index contributed by atoms with van der Waals surface area (Å²) in [6, 6.07) is 5.62. The number of rotatable bonds is 9. The number of oxazole rings is 1. The van der Waals surface area contributed by atoms with Crippen LogP contribution in [0.1, 0.15) is 26.7 Å². The van der Waals surface area contributed by atoms with Crippen molar-refractivity contribution in [3.05, 3.63) is 30.8 Å². The molecule has 4 rings (SSSR count). The molecule has 1 aromatic carbocycles. The number of aromatic nitrogens is 4. The number of hydrogen-bond acceptors (Lipinski definition) is 10. The summed E-state index contributed by atoms with van der Waals surface area (Å²) in [5.74, 6) is 2.75. The van der Waals surface area contributed by atoms with Gasteiger partial charge in [0.2, 0.25) is 23.8 Å². The molecule has 1 saturated heterocycles. The summed E-state index contributed by atoms with van der Waals surface area (Å²) in [7, 11) is 3.37. The minimum atomic E-state index is -0.0669. The molecule has 0 bridgehead atoms. The number of ether oxygens (including phenoxy) is 1. The first-order valence-corrected chi connectivity index (χ1v) is 11.9. The summed E-state index contributed by atoms with van der Waals surface area (Å²) in [5.41, 5.74) is 1.54. The van der Waals surface area contributed by atoms with Gasteiger partial charge in [-0.2, -0.15) is 15.0 Å². The Morgan fingerprint density at radius 1 is 1.23 bits per heavy atom. The van der Waals surface area contributed by atoms with E-state index in [2.05, 4.69) is 35.5 Å². The Morgan fingerprint density at radius 2 is 2.03 bits per heavy atom. The third-order valence-corrected chi connectivity index (χ3v) is 6.13. The predicted octanol–water partition coefficient (Wildman–Crippen LogP) is 3.41. The Balaban J connectivity index is 1.56. The number of nitrogens with one attached hydrogen (secondary N) is 2. The molecule has 1 aliphatic rings. The van der Waals surface area contributed by atoms with Gasteiger partial charge < -0.3 is 29.6 Å². The Kier molecular flexibility index (Phi) is 7.64. The van der Waals surface area contributed by atoms with E-state index in [0.29, 0.717) is 49.0 Å². The molecule has 35 heavy (non-hydrogen) atoms. The molecular formula is C24H32N8O3. The van der Waals surface area contributed by atoms with Gasteiger partial charge in [0, 0.05) is 45.0 Å². The fourth-order valence-corrected chi connectivity index (χ4v) is 4.28. The lowest BCUT2D eigenvalue weighted by Gasteiger charge is -2.34. The van der Waals surface area contributed by atoms with Crippen molar-refractivity contribution in [3.63, 3.8) is 0 Å². The molecule has 1 aliphatic heterocycles. The number of piperidine rings is 1. The molecule has 1 unspecified atom stereocenters. The van der Waals surface area contributed by atoms with E-state index in [-0.39, 0.29) is 11.8 Å². The van der Waals surface area contributed by atoms with Gasteiger partial charge in [0.1, 0.15) is 5.75 Å². The fraction of sp³-hybridized carbons (Fsp3) is 0.458. The minimum Gasteiger partial charge on any atom is -0.496 e. The molecule has 186 valence electrons. The van der Waals surface area contributed by atoms with Crippen molar-refractivity contribution >= 4 is 29.4 Å². The third kappa shape index (κ3) is 5.44. The summed E-state index contributed by atoms with van der Waals surface area (Å²) < 4.78 is 10.9. The van der Waals surface area contributed by atoms with Gasteiger partial charge in [-0.15, -0.1) is 0 Å². The van der Waals surface area contributed by atoms with Crippen LogP contribution in [-0.4, -0.2) is 71.1 Å². The Labute approximate surface area is 204 Å². The molecule has 1 fully saturated rings. The van der Waals surface area contributed by atoms with E-state index in [4.69, 9.17) is 9.15 Å². The monoisotopic (exact) mass is 480 g/mol. The Morgan fingerprint density at radius 3 is 2.71 bits per heavy atom. The van der Waals surface area contributed by atoms with Gasteiger partial charge >= 0.3 is 0 Å². The minimum absolute atomic E-state index is 0.0669. The van der Waals surface area contributed by atoms with Gasteiger partial charge in [-0.25, -0.2) is 4.98 Å². The highest BCUT2D eigenvalue weighted by atomic mass is 16.5. The fourth-order valence-electron chi connectivity index (χ4n) is 4.28. The number of nitrogens with zero attached hydrogens (tertiary/aromatic N) is 6. The summed E-state index contributed by atoms with van der Waals surface area (Å²) in [6.07, 6.45) is 4.80. The number of carbonyl (C=O) groups is 1. The SMILES string of the molecule is CCN(CC)C(=O)C1CCCN(c2nc(NC)nc(Nc3ccc(-c4cnco4)c(OC)c3)n2)C1. The van der Waals surface area contributed by atoms with E-state index in [1.807, 2.05) is 36.9 Å². The van der Waals surface area contributed by atoms with Gasteiger partial charge in [0.15, 0.2) is 12.2 Å². The molecule has 1 amide bonds. The maximum absolute atomic E-state index is 12.9. The largest absolute Gasteiger partial charge is 0.496 e. The molecule has 3 heterocycles. The number of carbonyl (C=O) groups excluding carboxylic acids is 1. The zero-order valence-electron chi connectivity index (χ0n) is 20.6. The normalized spacial score (nSPS) is 15.5. The predicted molar refractivity (Wildman–Crippen MR) is 134 cm³/mol. The van der Waals surface area contributed by atoms with E-state index in [0.717, 1.165) is 30.6 Å². The van der Waals surface area contributed by atoms with Crippen LogP contribution in [0.3, 0.4) is 0 Å². The smallest absolute Gasteiger partial charge is 0.233 e. The standard InChI is InChI=1S/C24H32N8O3/c1-5-31(6-2)21(33)16-8-7-11-32(14-16)24-29-22(25-3)28-23(30-24)27-17-9-10-18(19(12-17)34-4)20-13-26-15-35-20/h9-10,12-13,15-16H,5-8,11,14H2,1-4H3,(H2,25,27,28,29,30). The van der Waals surface area contributed by atoms with Gasteiger partial charge in [0.05, 0.1) is 24.8 Å². The number of methoxy groups -OCH3 is 1. The Hall–Kier alpha value is -3.89. The van der Waals surface area contributed by atoms with Gasteiger partial charge in [-0.05, 0) is 38.8 Å². The zero-order valence-corrected chi connectivity index (χ0v) is 20.6. The molecule has 0 saturated carbocycles. The lowest BCUT2D eigenvalue weighted by molar-refractivity contribution is -0.135. The first kappa shape index (κ1) is 24.2. The van der Waals surface area contributed by atoms with Gasteiger partial charge in [0.25, 0.3) is 0 Å².